The molecule has 98 valence electrons. The van der Waals surface area contributed by atoms with Crippen LogP contribution >= 0.6 is 35.4 Å². The monoisotopic (exact) mass is 311 g/mol. The molecule has 0 bridgehead atoms. The van der Waals surface area contributed by atoms with Crippen LogP contribution in [0, 0.1) is 0 Å². The highest BCUT2D eigenvalue weighted by Gasteiger charge is 2.07. The number of benzene rings is 2. The van der Waals surface area contributed by atoms with Crippen LogP contribution in [0.1, 0.15) is 0 Å². The van der Waals surface area contributed by atoms with E-state index in [0.29, 0.717) is 26.5 Å². The molecule has 0 atom stereocenters. The summed E-state index contributed by atoms with van der Waals surface area (Å²) in [5, 5.41) is 7.31. The van der Waals surface area contributed by atoms with Crippen molar-refractivity contribution in [2.45, 2.75) is 0 Å². The number of rotatable bonds is 2. The van der Waals surface area contributed by atoms with E-state index in [9.17, 15) is 0 Å². The van der Waals surface area contributed by atoms with E-state index in [2.05, 4.69) is 10.6 Å². The summed E-state index contributed by atoms with van der Waals surface area (Å²) in [4.78, 5) is 0. The van der Waals surface area contributed by atoms with E-state index in [-0.39, 0.29) is 0 Å². The van der Waals surface area contributed by atoms with Gasteiger partial charge in [-0.2, -0.15) is 0 Å². The summed E-state index contributed by atoms with van der Waals surface area (Å²) >= 11 is 17.3. The Bertz CT molecular complexity index is 596. The maximum atomic E-state index is 6.05. The molecular formula is C13H11Cl2N3S. The molecule has 0 spiro atoms. The van der Waals surface area contributed by atoms with Crippen molar-refractivity contribution >= 4 is 57.6 Å². The number of nitrogens with one attached hydrogen (secondary N) is 2. The highest BCUT2D eigenvalue weighted by Crippen LogP contribution is 2.30. The van der Waals surface area contributed by atoms with E-state index in [1.807, 2.05) is 18.2 Å². The van der Waals surface area contributed by atoms with Crippen LogP contribution in [0.15, 0.2) is 42.5 Å². The van der Waals surface area contributed by atoms with Gasteiger partial charge in [-0.15, -0.1) is 0 Å². The van der Waals surface area contributed by atoms with Crippen molar-refractivity contribution in [3.63, 3.8) is 0 Å². The lowest BCUT2D eigenvalue weighted by Crippen LogP contribution is -2.20. The number of nitrogen functional groups attached to an aromatic ring is 1. The Balaban J connectivity index is 2.12. The summed E-state index contributed by atoms with van der Waals surface area (Å²) in [6.07, 6.45) is 0. The number of anilines is 3. The second-order valence-corrected chi connectivity index (χ2v) is 4.99. The van der Waals surface area contributed by atoms with E-state index in [4.69, 9.17) is 41.2 Å². The standard InChI is InChI=1S/C13H11Cl2N3S/c14-8-4-3-5-9(15)12(8)18-13(19)17-11-7-2-1-6-10(11)16/h1-7H,16H2,(H2,17,18,19). The second-order valence-electron chi connectivity index (χ2n) is 3.76. The summed E-state index contributed by atoms with van der Waals surface area (Å²) in [5.74, 6) is 0. The molecule has 0 radical (unpaired) electrons. The van der Waals surface area contributed by atoms with Gasteiger partial charge in [0.25, 0.3) is 0 Å². The zero-order chi connectivity index (χ0) is 13.8. The summed E-state index contributed by atoms with van der Waals surface area (Å²) < 4.78 is 0. The smallest absolute Gasteiger partial charge is 0.175 e. The Kier molecular flexibility index (Phi) is 4.47. The van der Waals surface area contributed by atoms with E-state index < -0.39 is 0 Å². The minimum absolute atomic E-state index is 0.368. The van der Waals surface area contributed by atoms with Gasteiger partial charge in [-0.25, -0.2) is 0 Å². The van der Waals surface area contributed by atoms with Crippen LogP contribution in [0.4, 0.5) is 17.1 Å². The van der Waals surface area contributed by atoms with Crippen LogP contribution in [-0.2, 0) is 0 Å². The van der Waals surface area contributed by atoms with Crippen molar-refractivity contribution < 1.29 is 0 Å². The van der Waals surface area contributed by atoms with Crippen LogP contribution in [0.5, 0.6) is 0 Å². The van der Waals surface area contributed by atoms with Crippen LogP contribution in [0.3, 0.4) is 0 Å². The third-order valence-electron chi connectivity index (χ3n) is 2.41. The number of thiocarbonyl (C=S) groups is 1. The Labute approximate surface area is 126 Å². The molecule has 0 saturated heterocycles. The summed E-state index contributed by atoms with van der Waals surface area (Å²) in [5.41, 5.74) is 7.72. The summed E-state index contributed by atoms with van der Waals surface area (Å²) in [6, 6.07) is 12.6. The molecule has 0 heterocycles. The van der Waals surface area contributed by atoms with Crippen molar-refractivity contribution in [1.29, 1.82) is 0 Å². The van der Waals surface area contributed by atoms with Gasteiger partial charge in [0.1, 0.15) is 0 Å². The number of halogens is 2. The zero-order valence-corrected chi connectivity index (χ0v) is 12.1. The lowest BCUT2D eigenvalue weighted by atomic mass is 10.3. The maximum Gasteiger partial charge on any atom is 0.175 e. The topological polar surface area (TPSA) is 50.1 Å². The molecule has 2 aromatic carbocycles. The number of para-hydroxylation sites is 3. The molecular weight excluding hydrogens is 301 g/mol. The Morgan fingerprint density at radius 2 is 1.58 bits per heavy atom. The van der Waals surface area contributed by atoms with Gasteiger partial charge >= 0.3 is 0 Å². The van der Waals surface area contributed by atoms with E-state index in [1.165, 1.54) is 0 Å². The van der Waals surface area contributed by atoms with Gasteiger partial charge < -0.3 is 16.4 Å². The zero-order valence-electron chi connectivity index (χ0n) is 9.78. The second kappa shape index (κ2) is 6.10. The third-order valence-corrected chi connectivity index (χ3v) is 3.24. The van der Waals surface area contributed by atoms with Gasteiger partial charge in [-0.1, -0.05) is 41.4 Å². The molecule has 0 saturated carbocycles. The fraction of sp³-hybridized carbons (Fsp3) is 0. The van der Waals surface area contributed by atoms with Crippen LogP contribution < -0.4 is 16.4 Å². The lowest BCUT2D eigenvalue weighted by Gasteiger charge is -2.14. The number of hydrogen-bond acceptors (Lipinski definition) is 2. The minimum Gasteiger partial charge on any atom is -0.397 e. The molecule has 2 aromatic rings. The Hall–Kier alpha value is -1.49. The average molecular weight is 312 g/mol. The van der Waals surface area contributed by atoms with Gasteiger partial charge in [0.2, 0.25) is 0 Å². The SMILES string of the molecule is Nc1ccccc1NC(=S)Nc1c(Cl)cccc1Cl. The number of hydrogen-bond donors (Lipinski definition) is 3. The molecule has 0 aliphatic rings. The third kappa shape index (κ3) is 3.50. The molecule has 0 aromatic heterocycles. The summed E-state index contributed by atoms with van der Waals surface area (Å²) in [6.45, 7) is 0. The van der Waals surface area contributed by atoms with Crippen molar-refractivity contribution in [3.8, 4) is 0 Å². The molecule has 4 N–H and O–H groups in total. The molecule has 0 unspecified atom stereocenters. The van der Waals surface area contributed by atoms with E-state index in [1.54, 1.807) is 24.3 Å². The van der Waals surface area contributed by atoms with Crippen molar-refractivity contribution in [2.24, 2.45) is 0 Å². The molecule has 6 heteroatoms. The largest absolute Gasteiger partial charge is 0.397 e. The molecule has 0 amide bonds. The molecule has 3 nitrogen and oxygen atoms in total. The Morgan fingerprint density at radius 1 is 0.947 bits per heavy atom. The highest BCUT2D eigenvalue weighted by molar-refractivity contribution is 7.80. The van der Waals surface area contributed by atoms with Crippen molar-refractivity contribution in [1.82, 2.24) is 0 Å². The van der Waals surface area contributed by atoms with Crippen LogP contribution in [-0.4, -0.2) is 5.11 Å². The molecule has 0 aliphatic heterocycles. The first-order valence-corrected chi connectivity index (χ1v) is 6.61. The van der Waals surface area contributed by atoms with Gasteiger partial charge in [-0.05, 0) is 36.5 Å². The average Bonchev–Trinajstić information content (AvgIpc) is 2.37. The van der Waals surface area contributed by atoms with E-state index in [0.717, 1.165) is 5.69 Å². The normalized spacial score (nSPS) is 10.0. The van der Waals surface area contributed by atoms with E-state index >= 15 is 0 Å². The van der Waals surface area contributed by atoms with Gasteiger partial charge in [0, 0.05) is 0 Å². The minimum atomic E-state index is 0.368. The summed E-state index contributed by atoms with van der Waals surface area (Å²) in [7, 11) is 0. The fourth-order valence-electron chi connectivity index (χ4n) is 1.50. The van der Waals surface area contributed by atoms with Crippen molar-refractivity contribution in [2.75, 3.05) is 16.4 Å². The molecule has 0 aliphatic carbocycles. The fourth-order valence-corrected chi connectivity index (χ4v) is 2.20. The first-order valence-electron chi connectivity index (χ1n) is 5.44. The number of nitrogens with two attached hydrogens (primary N) is 1. The van der Waals surface area contributed by atoms with Gasteiger partial charge in [0.05, 0.1) is 27.1 Å². The lowest BCUT2D eigenvalue weighted by molar-refractivity contribution is 1.59. The first kappa shape index (κ1) is 13.9. The van der Waals surface area contributed by atoms with Gasteiger partial charge in [-0.3, -0.25) is 0 Å². The maximum absolute atomic E-state index is 6.05. The molecule has 2 rings (SSSR count). The predicted molar refractivity (Wildman–Crippen MR) is 87.2 cm³/mol. The van der Waals surface area contributed by atoms with Crippen molar-refractivity contribution in [3.05, 3.63) is 52.5 Å². The Morgan fingerprint density at radius 3 is 2.21 bits per heavy atom. The molecule has 0 fully saturated rings. The highest BCUT2D eigenvalue weighted by atomic mass is 35.5. The molecule has 19 heavy (non-hydrogen) atoms. The van der Waals surface area contributed by atoms with Gasteiger partial charge in [0.15, 0.2) is 5.11 Å². The quantitative estimate of drug-likeness (QED) is 0.569. The van der Waals surface area contributed by atoms with Crippen LogP contribution in [0.2, 0.25) is 10.0 Å². The first-order chi connectivity index (χ1) is 9.08. The predicted octanol–water partition coefficient (Wildman–Crippen LogP) is 4.38. The van der Waals surface area contributed by atoms with Crippen LogP contribution in [0.25, 0.3) is 0 Å².